The van der Waals surface area contributed by atoms with E-state index in [0.717, 1.165) is 18.8 Å². The van der Waals surface area contributed by atoms with Crippen LogP contribution in [0.15, 0.2) is 18.2 Å². The quantitative estimate of drug-likeness (QED) is 0.643. The Balaban J connectivity index is 1.93. The van der Waals surface area contributed by atoms with E-state index in [9.17, 15) is 0 Å². The molecular weight excluding hydrogens is 228 g/mol. The average Bonchev–Trinajstić information content (AvgIpc) is 2.75. The van der Waals surface area contributed by atoms with Gasteiger partial charge in [0.1, 0.15) is 0 Å². The van der Waals surface area contributed by atoms with E-state index in [4.69, 9.17) is 5.73 Å². The lowest BCUT2D eigenvalue weighted by atomic mass is 10.1. The van der Waals surface area contributed by atoms with Crippen LogP contribution in [0.3, 0.4) is 0 Å². The molecule has 0 aliphatic carbocycles. The van der Waals surface area contributed by atoms with Crippen molar-refractivity contribution in [1.29, 1.82) is 0 Å². The van der Waals surface area contributed by atoms with E-state index in [0.29, 0.717) is 6.04 Å². The first kappa shape index (κ1) is 12.8. The fourth-order valence-electron chi connectivity index (χ4n) is 2.37. The van der Waals surface area contributed by atoms with Crippen molar-refractivity contribution in [2.75, 3.05) is 17.2 Å². The predicted molar refractivity (Wildman–Crippen MR) is 77.2 cm³/mol. The normalized spacial score (nSPS) is 17.1. The molecule has 17 heavy (non-hydrogen) atoms. The van der Waals surface area contributed by atoms with E-state index in [1.807, 2.05) is 17.8 Å². The largest absolute Gasteiger partial charge is 0.398 e. The van der Waals surface area contributed by atoms with Gasteiger partial charge in [0.15, 0.2) is 0 Å². The van der Waals surface area contributed by atoms with Crippen molar-refractivity contribution >= 4 is 17.4 Å². The molecule has 0 bridgehead atoms. The van der Waals surface area contributed by atoms with E-state index in [2.05, 4.69) is 30.9 Å². The Hall–Kier alpha value is -0.670. The van der Waals surface area contributed by atoms with Crippen LogP contribution in [0.4, 0.5) is 5.69 Å². The van der Waals surface area contributed by atoms with Gasteiger partial charge in [0.05, 0.1) is 0 Å². The Kier molecular flexibility index (Phi) is 4.35. The van der Waals surface area contributed by atoms with Crippen LogP contribution in [0.25, 0.3) is 0 Å². The van der Waals surface area contributed by atoms with Crippen LogP contribution in [-0.2, 0) is 13.1 Å². The van der Waals surface area contributed by atoms with Gasteiger partial charge in [0.25, 0.3) is 0 Å². The summed E-state index contributed by atoms with van der Waals surface area (Å²) in [7, 11) is 0. The number of benzene rings is 1. The minimum atomic E-state index is 0.654. The van der Waals surface area contributed by atoms with Crippen LogP contribution in [0.5, 0.6) is 0 Å². The summed E-state index contributed by atoms with van der Waals surface area (Å²) < 4.78 is 0. The summed E-state index contributed by atoms with van der Waals surface area (Å²) in [4.78, 5) is 2.54. The van der Waals surface area contributed by atoms with Crippen LogP contribution in [0.2, 0.25) is 0 Å². The minimum absolute atomic E-state index is 0.654. The third-order valence-corrected chi connectivity index (χ3v) is 4.48. The highest BCUT2D eigenvalue weighted by Gasteiger charge is 2.24. The molecule has 2 rings (SSSR count). The van der Waals surface area contributed by atoms with E-state index >= 15 is 0 Å². The highest BCUT2D eigenvalue weighted by molar-refractivity contribution is 7.99. The molecule has 0 saturated heterocycles. The summed E-state index contributed by atoms with van der Waals surface area (Å²) in [6.07, 6.45) is 1.27. The van der Waals surface area contributed by atoms with E-state index in [1.54, 1.807) is 0 Å². The monoisotopic (exact) mass is 250 g/mol. The zero-order chi connectivity index (χ0) is 12.3. The molecule has 0 aromatic heterocycles. The lowest BCUT2D eigenvalue weighted by Crippen LogP contribution is -2.28. The molecule has 0 spiro atoms. The van der Waals surface area contributed by atoms with Gasteiger partial charge in [-0.1, -0.05) is 19.1 Å². The second-order valence-corrected chi connectivity index (χ2v) is 6.12. The molecule has 0 saturated carbocycles. The fraction of sp³-hybridized carbons (Fsp3) is 0.571. The Morgan fingerprint density at radius 1 is 1.41 bits per heavy atom. The van der Waals surface area contributed by atoms with Crippen LogP contribution >= 0.6 is 11.8 Å². The molecule has 0 amide bonds. The smallest absolute Gasteiger partial charge is 0.0363 e. The highest BCUT2D eigenvalue weighted by Crippen LogP contribution is 2.29. The SMILES string of the molecule is CCSCCC(C)N1Cc2cccc(N)c2C1. The third-order valence-electron chi connectivity index (χ3n) is 3.55. The van der Waals surface area contributed by atoms with Gasteiger partial charge in [-0.25, -0.2) is 0 Å². The molecule has 0 fully saturated rings. The lowest BCUT2D eigenvalue weighted by molar-refractivity contribution is 0.209. The molecule has 1 aliphatic heterocycles. The number of fused-ring (bicyclic) bond motifs is 1. The van der Waals surface area contributed by atoms with E-state index in [1.165, 1.54) is 29.1 Å². The van der Waals surface area contributed by atoms with Crippen LogP contribution in [0, 0.1) is 0 Å². The average molecular weight is 250 g/mol. The standard InChI is InChI=1S/C14H22N2S/c1-3-17-8-7-11(2)16-9-12-5-4-6-14(15)13(12)10-16/h4-6,11H,3,7-10,15H2,1-2H3. The topological polar surface area (TPSA) is 29.3 Å². The number of thioether (sulfide) groups is 1. The summed E-state index contributed by atoms with van der Waals surface area (Å²) in [6.45, 7) is 6.65. The number of anilines is 1. The molecule has 1 unspecified atom stereocenters. The molecule has 1 atom stereocenters. The number of nitrogens with zero attached hydrogens (tertiary/aromatic N) is 1. The molecule has 1 aliphatic rings. The van der Waals surface area contributed by atoms with Gasteiger partial charge in [-0.15, -0.1) is 0 Å². The molecule has 1 heterocycles. The Labute approximate surface area is 109 Å². The summed E-state index contributed by atoms with van der Waals surface area (Å²) in [5.41, 5.74) is 9.75. The molecule has 2 N–H and O–H groups in total. The van der Waals surface area contributed by atoms with Crippen LogP contribution in [0.1, 0.15) is 31.4 Å². The van der Waals surface area contributed by atoms with Crippen molar-refractivity contribution in [3.8, 4) is 0 Å². The van der Waals surface area contributed by atoms with Gasteiger partial charge in [0, 0.05) is 24.8 Å². The maximum atomic E-state index is 6.03. The minimum Gasteiger partial charge on any atom is -0.398 e. The van der Waals surface area contributed by atoms with Gasteiger partial charge in [-0.2, -0.15) is 11.8 Å². The van der Waals surface area contributed by atoms with E-state index < -0.39 is 0 Å². The summed E-state index contributed by atoms with van der Waals surface area (Å²) in [5, 5.41) is 0. The highest BCUT2D eigenvalue weighted by atomic mass is 32.2. The summed E-state index contributed by atoms with van der Waals surface area (Å²) in [5.74, 6) is 2.49. The van der Waals surface area contributed by atoms with Crippen molar-refractivity contribution in [2.24, 2.45) is 0 Å². The maximum absolute atomic E-state index is 6.03. The number of hydrogen-bond acceptors (Lipinski definition) is 3. The zero-order valence-electron chi connectivity index (χ0n) is 10.8. The van der Waals surface area contributed by atoms with Crippen molar-refractivity contribution < 1.29 is 0 Å². The first-order valence-corrected chi connectivity index (χ1v) is 7.56. The number of rotatable bonds is 5. The number of nitrogens with two attached hydrogens (primary N) is 1. The Morgan fingerprint density at radius 2 is 2.24 bits per heavy atom. The van der Waals surface area contributed by atoms with Gasteiger partial charge in [-0.3, -0.25) is 4.90 Å². The molecule has 1 aromatic carbocycles. The molecular formula is C14H22N2S. The first-order chi connectivity index (χ1) is 8.22. The lowest BCUT2D eigenvalue weighted by Gasteiger charge is -2.23. The van der Waals surface area contributed by atoms with Gasteiger partial charge < -0.3 is 5.73 Å². The van der Waals surface area contributed by atoms with Crippen molar-refractivity contribution in [2.45, 2.75) is 39.4 Å². The van der Waals surface area contributed by atoms with E-state index in [-0.39, 0.29) is 0 Å². The molecule has 3 heteroatoms. The second-order valence-electron chi connectivity index (χ2n) is 4.72. The van der Waals surface area contributed by atoms with Crippen molar-refractivity contribution in [3.05, 3.63) is 29.3 Å². The predicted octanol–water partition coefficient (Wildman–Crippen LogP) is 3.12. The Bertz CT molecular complexity index is 378. The summed E-state index contributed by atoms with van der Waals surface area (Å²) in [6, 6.07) is 6.94. The molecule has 2 nitrogen and oxygen atoms in total. The molecule has 94 valence electrons. The van der Waals surface area contributed by atoms with Gasteiger partial charge >= 0.3 is 0 Å². The van der Waals surface area contributed by atoms with Gasteiger partial charge in [-0.05, 0) is 42.0 Å². The third kappa shape index (κ3) is 2.96. The molecule has 0 radical (unpaired) electrons. The summed E-state index contributed by atoms with van der Waals surface area (Å²) >= 11 is 2.03. The molecule has 1 aromatic rings. The maximum Gasteiger partial charge on any atom is 0.0363 e. The first-order valence-electron chi connectivity index (χ1n) is 6.40. The van der Waals surface area contributed by atoms with Crippen molar-refractivity contribution in [1.82, 2.24) is 4.90 Å². The van der Waals surface area contributed by atoms with Crippen LogP contribution < -0.4 is 5.73 Å². The number of nitrogen functional groups attached to an aromatic ring is 1. The van der Waals surface area contributed by atoms with Gasteiger partial charge in [0.2, 0.25) is 0 Å². The van der Waals surface area contributed by atoms with Crippen LogP contribution in [-0.4, -0.2) is 22.4 Å². The Morgan fingerprint density at radius 3 is 2.94 bits per heavy atom. The zero-order valence-corrected chi connectivity index (χ0v) is 11.6. The number of hydrogen-bond donors (Lipinski definition) is 1. The van der Waals surface area contributed by atoms with Crippen molar-refractivity contribution in [3.63, 3.8) is 0 Å². The fourth-order valence-corrected chi connectivity index (χ4v) is 3.16. The second kappa shape index (κ2) is 5.78.